The Hall–Kier alpha value is -1.43. The molecule has 6 heteroatoms. The second-order valence-electron chi connectivity index (χ2n) is 4.99. The summed E-state index contributed by atoms with van der Waals surface area (Å²) in [5, 5.41) is 10.6. The Bertz CT molecular complexity index is 318. The minimum Gasteiger partial charge on any atom is -0.481 e. The fourth-order valence-corrected chi connectivity index (χ4v) is 1.82. The quantitative estimate of drug-likeness (QED) is 0.499. The lowest BCUT2D eigenvalue weighted by molar-refractivity contribution is -0.140. The summed E-state index contributed by atoms with van der Waals surface area (Å²) in [4.78, 5) is 33.2. The van der Waals surface area contributed by atoms with Crippen molar-refractivity contribution in [3.8, 4) is 0 Å². The van der Waals surface area contributed by atoms with Gasteiger partial charge >= 0.3 is 5.97 Å². The highest BCUT2D eigenvalue weighted by Crippen LogP contribution is 2.08. The van der Waals surface area contributed by atoms with Crippen molar-refractivity contribution in [2.75, 3.05) is 0 Å². The lowest BCUT2D eigenvalue weighted by atomic mass is 10.1. The molecular formula is C14H26N2O4. The molecule has 0 bridgehead atoms. The normalized spacial score (nSPS) is 11.9. The molecule has 0 saturated heterocycles. The van der Waals surface area contributed by atoms with Gasteiger partial charge in [0.25, 0.3) is 0 Å². The maximum atomic E-state index is 11.4. The minimum absolute atomic E-state index is 0.277. The second kappa shape index (κ2) is 11.4. The van der Waals surface area contributed by atoms with Crippen molar-refractivity contribution in [1.29, 1.82) is 0 Å². The molecule has 0 aromatic carbocycles. The van der Waals surface area contributed by atoms with Crippen LogP contribution in [0.15, 0.2) is 0 Å². The van der Waals surface area contributed by atoms with Crippen LogP contribution in [0.25, 0.3) is 0 Å². The SMILES string of the molecule is CCCCCCCCCC(=O)NC(=O)[C@@H](N)CC(=O)O. The molecule has 116 valence electrons. The third-order valence-corrected chi connectivity index (χ3v) is 3.00. The summed E-state index contributed by atoms with van der Waals surface area (Å²) in [6.07, 6.45) is 7.46. The summed E-state index contributed by atoms with van der Waals surface area (Å²) in [6, 6.07) is -1.18. The first-order chi connectivity index (χ1) is 9.47. The van der Waals surface area contributed by atoms with Gasteiger partial charge in [-0.15, -0.1) is 0 Å². The fourth-order valence-electron chi connectivity index (χ4n) is 1.82. The molecule has 0 heterocycles. The van der Waals surface area contributed by atoms with E-state index in [1.54, 1.807) is 0 Å². The van der Waals surface area contributed by atoms with Crippen LogP contribution in [0.5, 0.6) is 0 Å². The maximum absolute atomic E-state index is 11.4. The average molecular weight is 286 g/mol. The first-order valence-corrected chi connectivity index (χ1v) is 7.28. The molecule has 0 aliphatic rings. The van der Waals surface area contributed by atoms with E-state index in [2.05, 4.69) is 12.2 Å². The Morgan fingerprint density at radius 2 is 1.60 bits per heavy atom. The number of hydrogen-bond donors (Lipinski definition) is 3. The van der Waals surface area contributed by atoms with Gasteiger partial charge in [-0.3, -0.25) is 19.7 Å². The monoisotopic (exact) mass is 286 g/mol. The highest BCUT2D eigenvalue weighted by atomic mass is 16.4. The van der Waals surface area contributed by atoms with Crippen LogP contribution in [0.1, 0.15) is 64.7 Å². The van der Waals surface area contributed by atoms with Crippen molar-refractivity contribution in [1.82, 2.24) is 5.32 Å². The van der Waals surface area contributed by atoms with E-state index in [1.807, 2.05) is 0 Å². The van der Waals surface area contributed by atoms with E-state index in [4.69, 9.17) is 10.8 Å². The first-order valence-electron chi connectivity index (χ1n) is 7.28. The van der Waals surface area contributed by atoms with Crippen molar-refractivity contribution in [3.05, 3.63) is 0 Å². The molecule has 6 nitrogen and oxygen atoms in total. The van der Waals surface area contributed by atoms with E-state index < -0.39 is 24.3 Å². The number of nitrogens with one attached hydrogen (secondary N) is 1. The molecule has 0 unspecified atom stereocenters. The number of amides is 2. The molecule has 0 radical (unpaired) electrons. The number of carboxylic acid groups (broad SMARTS) is 1. The Kier molecular flexibility index (Phi) is 10.6. The third-order valence-electron chi connectivity index (χ3n) is 3.00. The summed E-state index contributed by atoms with van der Waals surface area (Å²) in [5.74, 6) is -2.27. The molecule has 2 amide bonds. The molecule has 0 rings (SSSR count). The van der Waals surface area contributed by atoms with Crippen molar-refractivity contribution in [3.63, 3.8) is 0 Å². The molecule has 0 aliphatic heterocycles. The van der Waals surface area contributed by atoms with Crippen LogP contribution in [0.3, 0.4) is 0 Å². The molecule has 0 saturated carbocycles. The van der Waals surface area contributed by atoms with Gasteiger partial charge in [-0.2, -0.15) is 0 Å². The predicted molar refractivity (Wildman–Crippen MR) is 76.0 cm³/mol. The van der Waals surface area contributed by atoms with Crippen LogP contribution in [0.4, 0.5) is 0 Å². The zero-order valence-electron chi connectivity index (χ0n) is 12.2. The van der Waals surface area contributed by atoms with Gasteiger partial charge in [0.1, 0.15) is 0 Å². The van der Waals surface area contributed by atoms with Crippen molar-refractivity contribution >= 4 is 17.8 Å². The predicted octanol–water partition coefficient (Wildman–Crippen LogP) is 1.57. The van der Waals surface area contributed by atoms with Crippen LogP contribution in [0, 0.1) is 0 Å². The number of carbonyl (C=O) groups is 3. The molecule has 4 N–H and O–H groups in total. The zero-order valence-corrected chi connectivity index (χ0v) is 12.2. The van der Waals surface area contributed by atoms with E-state index in [0.717, 1.165) is 19.3 Å². The fraction of sp³-hybridized carbons (Fsp3) is 0.786. The Morgan fingerprint density at radius 1 is 1.05 bits per heavy atom. The van der Waals surface area contributed by atoms with Gasteiger partial charge in [0.05, 0.1) is 12.5 Å². The molecule has 0 fully saturated rings. The molecular weight excluding hydrogens is 260 g/mol. The Morgan fingerprint density at radius 3 is 2.15 bits per heavy atom. The van der Waals surface area contributed by atoms with E-state index in [0.29, 0.717) is 0 Å². The number of carboxylic acids is 1. The lowest BCUT2D eigenvalue weighted by Gasteiger charge is -2.09. The van der Waals surface area contributed by atoms with Crippen LogP contribution in [-0.4, -0.2) is 28.9 Å². The van der Waals surface area contributed by atoms with Gasteiger partial charge in [0, 0.05) is 6.42 Å². The largest absolute Gasteiger partial charge is 0.481 e. The molecule has 0 aromatic rings. The number of nitrogens with two attached hydrogens (primary N) is 1. The van der Waals surface area contributed by atoms with Gasteiger partial charge in [0.2, 0.25) is 11.8 Å². The number of unbranched alkanes of at least 4 members (excludes halogenated alkanes) is 6. The van der Waals surface area contributed by atoms with Gasteiger partial charge in [-0.1, -0.05) is 45.4 Å². The summed E-state index contributed by atoms with van der Waals surface area (Å²) < 4.78 is 0. The summed E-state index contributed by atoms with van der Waals surface area (Å²) in [6.45, 7) is 2.16. The number of carbonyl (C=O) groups excluding carboxylic acids is 2. The number of aliphatic carboxylic acids is 1. The van der Waals surface area contributed by atoms with E-state index in [-0.39, 0.29) is 12.3 Å². The average Bonchev–Trinajstić information content (AvgIpc) is 2.36. The van der Waals surface area contributed by atoms with Crippen molar-refractivity contribution < 1.29 is 19.5 Å². The highest BCUT2D eigenvalue weighted by Gasteiger charge is 2.18. The number of hydrogen-bond acceptors (Lipinski definition) is 4. The molecule has 20 heavy (non-hydrogen) atoms. The Balaban J connectivity index is 3.62. The number of rotatable bonds is 11. The highest BCUT2D eigenvalue weighted by molar-refractivity contribution is 5.98. The second-order valence-corrected chi connectivity index (χ2v) is 4.99. The van der Waals surface area contributed by atoms with Crippen molar-refractivity contribution in [2.45, 2.75) is 70.8 Å². The zero-order chi connectivity index (χ0) is 15.4. The molecule has 0 aromatic heterocycles. The Labute approximate surface area is 120 Å². The van der Waals surface area contributed by atoms with Crippen LogP contribution < -0.4 is 11.1 Å². The van der Waals surface area contributed by atoms with Gasteiger partial charge in [-0.05, 0) is 6.42 Å². The minimum atomic E-state index is -1.18. The lowest BCUT2D eigenvalue weighted by Crippen LogP contribution is -2.44. The van der Waals surface area contributed by atoms with E-state index >= 15 is 0 Å². The molecule has 0 spiro atoms. The smallest absolute Gasteiger partial charge is 0.305 e. The number of imide groups is 1. The van der Waals surface area contributed by atoms with E-state index in [1.165, 1.54) is 25.7 Å². The van der Waals surface area contributed by atoms with E-state index in [9.17, 15) is 14.4 Å². The first kappa shape index (κ1) is 18.6. The summed E-state index contributed by atoms with van der Waals surface area (Å²) in [7, 11) is 0. The standard InChI is InChI=1S/C14H26N2O4/c1-2-3-4-5-6-7-8-9-12(17)16-14(20)11(15)10-13(18)19/h11H,2-10,15H2,1H3,(H,18,19)(H,16,17,20)/t11-/m0/s1. The van der Waals surface area contributed by atoms with Gasteiger partial charge in [-0.25, -0.2) is 0 Å². The van der Waals surface area contributed by atoms with Crippen LogP contribution in [0.2, 0.25) is 0 Å². The van der Waals surface area contributed by atoms with Crippen LogP contribution in [-0.2, 0) is 14.4 Å². The summed E-state index contributed by atoms with van der Waals surface area (Å²) >= 11 is 0. The van der Waals surface area contributed by atoms with Crippen LogP contribution >= 0.6 is 0 Å². The maximum Gasteiger partial charge on any atom is 0.305 e. The summed E-state index contributed by atoms with van der Waals surface area (Å²) in [5.41, 5.74) is 5.34. The topological polar surface area (TPSA) is 109 Å². The van der Waals surface area contributed by atoms with Gasteiger partial charge < -0.3 is 10.8 Å². The molecule has 1 atom stereocenters. The third kappa shape index (κ3) is 10.5. The van der Waals surface area contributed by atoms with Crippen molar-refractivity contribution in [2.24, 2.45) is 5.73 Å². The van der Waals surface area contributed by atoms with Gasteiger partial charge in [0.15, 0.2) is 0 Å². The molecule has 0 aliphatic carbocycles.